The van der Waals surface area contributed by atoms with Crippen LogP contribution in [-0.2, 0) is 0 Å². The SMILES string of the molecule is O[C@@H](CN1CCC1)c1ccccc1. The molecule has 0 amide bonds. The van der Waals surface area contributed by atoms with Gasteiger partial charge in [-0.2, -0.15) is 0 Å². The second kappa shape index (κ2) is 3.90. The van der Waals surface area contributed by atoms with E-state index < -0.39 is 0 Å². The van der Waals surface area contributed by atoms with Crippen molar-refractivity contribution in [2.45, 2.75) is 12.5 Å². The highest BCUT2D eigenvalue weighted by Crippen LogP contribution is 2.16. The number of β-amino-alcohol motifs (C(OH)–C–C–N with tert-alkyl or cyclic N) is 1. The van der Waals surface area contributed by atoms with Gasteiger partial charge in [-0.15, -0.1) is 0 Å². The summed E-state index contributed by atoms with van der Waals surface area (Å²) in [7, 11) is 0. The van der Waals surface area contributed by atoms with E-state index in [4.69, 9.17) is 0 Å². The fourth-order valence-corrected chi connectivity index (χ4v) is 1.59. The van der Waals surface area contributed by atoms with Crippen LogP contribution < -0.4 is 0 Å². The maximum atomic E-state index is 9.81. The molecular formula is C11H15NO. The maximum Gasteiger partial charge on any atom is 0.0916 e. The number of rotatable bonds is 3. The fourth-order valence-electron chi connectivity index (χ4n) is 1.59. The van der Waals surface area contributed by atoms with E-state index in [2.05, 4.69) is 4.90 Å². The molecule has 1 atom stereocenters. The van der Waals surface area contributed by atoms with Gasteiger partial charge in [0.15, 0.2) is 0 Å². The largest absolute Gasteiger partial charge is 0.387 e. The fraction of sp³-hybridized carbons (Fsp3) is 0.455. The molecule has 1 aliphatic heterocycles. The van der Waals surface area contributed by atoms with Gasteiger partial charge in [0.2, 0.25) is 0 Å². The number of hydrogen-bond donors (Lipinski definition) is 1. The van der Waals surface area contributed by atoms with E-state index in [0.29, 0.717) is 0 Å². The van der Waals surface area contributed by atoms with Crippen LogP contribution in [0.2, 0.25) is 0 Å². The Bertz CT molecular complexity index is 256. The van der Waals surface area contributed by atoms with Crippen LogP contribution in [0.25, 0.3) is 0 Å². The molecule has 1 aromatic rings. The summed E-state index contributed by atoms with van der Waals surface area (Å²) in [4.78, 5) is 2.28. The molecule has 1 fully saturated rings. The lowest BCUT2D eigenvalue weighted by Gasteiger charge is -2.32. The van der Waals surface area contributed by atoms with Crippen molar-refractivity contribution < 1.29 is 5.11 Å². The van der Waals surface area contributed by atoms with Crippen LogP contribution in [0, 0.1) is 0 Å². The highest BCUT2D eigenvalue weighted by molar-refractivity contribution is 5.17. The van der Waals surface area contributed by atoms with Crippen LogP contribution >= 0.6 is 0 Å². The first kappa shape index (κ1) is 8.73. The summed E-state index contributed by atoms with van der Waals surface area (Å²) in [5, 5.41) is 9.81. The first-order chi connectivity index (χ1) is 6.36. The zero-order chi connectivity index (χ0) is 9.10. The molecule has 2 rings (SSSR count). The summed E-state index contributed by atoms with van der Waals surface area (Å²) in [6.45, 7) is 3.07. The predicted molar refractivity (Wildman–Crippen MR) is 52.5 cm³/mol. The average molecular weight is 177 g/mol. The Morgan fingerprint density at radius 1 is 1.23 bits per heavy atom. The normalized spacial score (nSPS) is 19.5. The third-order valence-electron chi connectivity index (χ3n) is 2.56. The summed E-state index contributed by atoms with van der Waals surface area (Å²) in [5.74, 6) is 0. The zero-order valence-electron chi connectivity index (χ0n) is 7.69. The summed E-state index contributed by atoms with van der Waals surface area (Å²) in [6.07, 6.45) is 0.961. The van der Waals surface area contributed by atoms with Crippen LogP contribution in [0.5, 0.6) is 0 Å². The molecule has 1 saturated heterocycles. The van der Waals surface area contributed by atoms with Crippen molar-refractivity contribution in [3.8, 4) is 0 Å². The maximum absolute atomic E-state index is 9.81. The van der Waals surface area contributed by atoms with E-state index in [1.807, 2.05) is 30.3 Å². The Kier molecular flexibility index (Phi) is 2.62. The average Bonchev–Trinajstić information content (AvgIpc) is 2.12. The minimum atomic E-state index is -0.318. The van der Waals surface area contributed by atoms with Crippen molar-refractivity contribution in [3.63, 3.8) is 0 Å². The summed E-state index contributed by atoms with van der Waals surface area (Å²) in [5.41, 5.74) is 1.02. The Morgan fingerprint density at radius 3 is 2.46 bits per heavy atom. The molecule has 0 saturated carbocycles. The van der Waals surface area contributed by atoms with Crippen LogP contribution in [0.3, 0.4) is 0 Å². The smallest absolute Gasteiger partial charge is 0.0916 e. The molecule has 13 heavy (non-hydrogen) atoms. The lowest BCUT2D eigenvalue weighted by molar-refractivity contribution is 0.0788. The van der Waals surface area contributed by atoms with E-state index in [9.17, 15) is 5.11 Å². The van der Waals surface area contributed by atoms with Gasteiger partial charge in [0.1, 0.15) is 0 Å². The van der Waals surface area contributed by atoms with Gasteiger partial charge in [0.25, 0.3) is 0 Å². The van der Waals surface area contributed by atoms with E-state index in [1.165, 1.54) is 6.42 Å². The van der Waals surface area contributed by atoms with Gasteiger partial charge in [0.05, 0.1) is 6.10 Å². The molecule has 2 heteroatoms. The molecule has 0 aromatic heterocycles. The molecule has 1 aliphatic rings. The first-order valence-corrected chi connectivity index (χ1v) is 4.81. The molecule has 0 unspecified atom stereocenters. The van der Waals surface area contributed by atoms with Gasteiger partial charge in [0, 0.05) is 6.54 Å². The third kappa shape index (κ3) is 2.08. The number of likely N-dealkylation sites (tertiary alicyclic amines) is 1. The molecule has 2 nitrogen and oxygen atoms in total. The number of benzene rings is 1. The van der Waals surface area contributed by atoms with Crippen molar-refractivity contribution in [2.75, 3.05) is 19.6 Å². The number of aliphatic hydroxyl groups is 1. The monoisotopic (exact) mass is 177 g/mol. The lowest BCUT2D eigenvalue weighted by atomic mass is 10.1. The quantitative estimate of drug-likeness (QED) is 0.755. The summed E-state index contributed by atoms with van der Waals surface area (Å²) >= 11 is 0. The van der Waals surface area contributed by atoms with Gasteiger partial charge < -0.3 is 10.0 Å². The van der Waals surface area contributed by atoms with E-state index in [0.717, 1.165) is 25.2 Å². The van der Waals surface area contributed by atoms with Crippen LogP contribution in [0.15, 0.2) is 30.3 Å². The van der Waals surface area contributed by atoms with Crippen LogP contribution in [0.1, 0.15) is 18.1 Å². The van der Waals surface area contributed by atoms with Crippen molar-refractivity contribution in [3.05, 3.63) is 35.9 Å². The summed E-state index contributed by atoms with van der Waals surface area (Å²) < 4.78 is 0. The minimum Gasteiger partial charge on any atom is -0.387 e. The van der Waals surface area contributed by atoms with Crippen molar-refractivity contribution in [1.29, 1.82) is 0 Å². The zero-order valence-corrected chi connectivity index (χ0v) is 7.69. The molecule has 1 N–H and O–H groups in total. The van der Waals surface area contributed by atoms with Crippen LogP contribution in [-0.4, -0.2) is 29.6 Å². The Labute approximate surface area is 78.8 Å². The Morgan fingerprint density at radius 2 is 1.92 bits per heavy atom. The second-order valence-electron chi connectivity index (χ2n) is 3.58. The van der Waals surface area contributed by atoms with Gasteiger partial charge in [-0.1, -0.05) is 30.3 Å². The number of hydrogen-bond acceptors (Lipinski definition) is 2. The molecular weight excluding hydrogens is 162 g/mol. The van der Waals surface area contributed by atoms with Gasteiger partial charge >= 0.3 is 0 Å². The van der Waals surface area contributed by atoms with E-state index in [-0.39, 0.29) is 6.10 Å². The second-order valence-corrected chi connectivity index (χ2v) is 3.58. The van der Waals surface area contributed by atoms with Crippen LogP contribution in [0.4, 0.5) is 0 Å². The molecule has 1 aromatic carbocycles. The highest BCUT2D eigenvalue weighted by Gasteiger charge is 2.17. The minimum absolute atomic E-state index is 0.318. The molecule has 0 bridgehead atoms. The molecule has 1 heterocycles. The topological polar surface area (TPSA) is 23.5 Å². The highest BCUT2D eigenvalue weighted by atomic mass is 16.3. The standard InChI is InChI=1S/C11H15NO/c13-11(9-12-7-4-8-12)10-5-2-1-3-6-10/h1-3,5-6,11,13H,4,7-9H2/t11-/m0/s1. The number of aliphatic hydroxyl groups excluding tert-OH is 1. The Balaban J connectivity index is 1.92. The van der Waals surface area contributed by atoms with Gasteiger partial charge in [-0.25, -0.2) is 0 Å². The first-order valence-electron chi connectivity index (χ1n) is 4.81. The van der Waals surface area contributed by atoms with Crippen molar-refractivity contribution >= 4 is 0 Å². The summed E-state index contributed by atoms with van der Waals surface area (Å²) in [6, 6.07) is 9.86. The lowest BCUT2D eigenvalue weighted by Crippen LogP contribution is -2.39. The van der Waals surface area contributed by atoms with Gasteiger partial charge in [-0.05, 0) is 25.1 Å². The van der Waals surface area contributed by atoms with E-state index in [1.54, 1.807) is 0 Å². The molecule has 70 valence electrons. The molecule has 0 radical (unpaired) electrons. The predicted octanol–water partition coefficient (Wildman–Crippen LogP) is 1.43. The third-order valence-corrected chi connectivity index (χ3v) is 2.56. The van der Waals surface area contributed by atoms with Crippen molar-refractivity contribution in [1.82, 2.24) is 4.90 Å². The molecule has 0 spiro atoms. The van der Waals surface area contributed by atoms with Crippen molar-refractivity contribution in [2.24, 2.45) is 0 Å². The van der Waals surface area contributed by atoms with E-state index >= 15 is 0 Å². The molecule has 0 aliphatic carbocycles. The number of nitrogens with zero attached hydrogens (tertiary/aromatic N) is 1. The Hall–Kier alpha value is -0.860. The van der Waals surface area contributed by atoms with Gasteiger partial charge in [-0.3, -0.25) is 0 Å².